The number of aliphatic imine (C=N–C) groups is 1. The number of carbonyl (C=O) groups is 1. The zero-order valence-corrected chi connectivity index (χ0v) is 18.6. The van der Waals surface area contributed by atoms with Gasteiger partial charge in [0.25, 0.3) is 16.3 Å². The summed E-state index contributed by atoms with van der Waals surface area (Å²) in [7, 11) is 0. The van der Waals surface area contributed by atoms with Crippen molar-refractivity contribution in [1.29, 1.82) is 0 Å². The summed E-state index contributed by atoms with van der Waals surface area (Å²) < 4.78 is 2.70. The average Bonchev–Trinajstić information content (AvgIpc) is 3.17. The Morgan fingerprint density at radius 1 is 0.839 bits per heavy atom. The third-order valence-corrected chi connectivity index (χ3v) is 6.71. The van der Waals surface area contributed by atoms with E-state index in [0.29, 0.717) is 21.8 Å². The number of aromatic nitrogens is 1. The minimum Gasteiger partial charge on any atom is -0.858 e. The molecule has 31 heavy (non-hydrogen) atoms. The second-order valence-electron chi connectivity index (χ2n) is 6.93. The molecule has 0 amide bonds. The minimum atomic E-state index is -0.377. The van der Waals surface area contributed by atoms with E-state index in [1.807, 2.05) is 59.1 Å². The molecule has 0 bridgehead atoms. The first-order valence-corrected chi connectivity index (χ1v) is 11.2. The Kier molecular flexibility index (Phi) is 5.10. The maximum Gasteiger partial charge on any atom is 0.296 e. The molecule has 0 fully saturated rings. The molecule has 0 atom stereocenters. The maximum atomic E-state index is 13.5. The van der Waals surface area contributed by atoms with E-state index in [4.69, 9.17) is 0 Å². The van der Waals surface area contributed by atoms with Crippen LogP contribution in [0.3, 0.4) is 0 Å². The van der Waals surface area contributed by atoms with Crippen molar-refractivity contribution in [2.75, 3.05) is 0 Å². The van der Waals surface area contributed by atoms with Crippen LogP contribution in [0.2, 0.25) is 0 Å². The molecule has 0 aliphatic rings. The van der Waals surface area contributed by atoms with Gasteiger partial charge in [-0.25, -0.2) is 4.99 Å². The Hall–Kier alpha value is -3.35. The second kappa shape index (κ2) is 8.06. The fourth-order valence-corrected chi connectivity index (χ4v) is 5.19. The number of halogens is 1. The largest absolute Gasteiger partial charge is 0.858 e. The predicted octanol–water partition coefficient (Wildman–Crippen LogP) is 5.07. The molecule has 2 heterocycles. The molecule has 0 aliphatic carbocycles. The molecule has 5 aromatic rings. The van der Waals surface area contributed by atoms with Crippen LogP contribution >= 0.6 is 27.3 Å². The summed E-state index contributed by atoms with van der Waals surface area (Å²) in [6, 6.07) is 25.9. The molecule has 0 spiro atoms. The normalized spacial score (nSPS) is 11.8. The molecule has 4 nitrogen and oxygen atoms in total. The van der Waals surface area contributed by atoms with Crippen LogP contribution in [0.5, 0.6) is 0 Å². The van der Waals surface area contributed by atoms with Gasteiger partial charge < -0.3 is 5.11 Å². The van der Waals surface area contributed by atoms with Crippen LogP contribution in [0.4, 0.5) is 5.00 Å². The van der Waals surface area contributed by atoms with E-state index < -0.39 is 0 Å². The molecular formula is C25H15BrN2O2S. The maximum absolute atomic E-state index is 13.5. The number of rotatable bonds is 4. The van der Waals surface area contributed by atoms with Gasteiger partial charge >= 0.3 is 0 Å². The van der Waals surface area contributed by atoms with Gasteiger partial charge in [0.15, 0.2) is 11.2 Å². The fraction of sp³-hybridized carbons (Fsp3) is 0. The Morgan fingerprint density at radius 2 is 1.42 bits per heavy atom. The number of hydrogen-bond donors (Lipinski definition) is 0. The van der Waals surface area contributed by atoms with Crippen LogP contribution in [-0.2, 0) is 0 Å². The Morgan fingerprint density at radius 3 is 2.10 bits per heavy atom. The lowest BCUT2D eigenvalue weighted by Gasteiger charge is -2.09. The Labute approximate surface area is 190 Å². The van der Waals surface area contributed by atoms with E-state index in [0.717, 1.165) is 20.1 Å². The molecule has 2 aromatic heterocycles. The lowest BCUT2D eigenvalue weighted by molar-refractivity contribution is -0.508. The first kappa shape index (κ1) is 19.6. The van der Waals surface area contributed by atoms with Gasteiger partial charge in [-0.3, -0.25) is 4.79 Å². The van der Waals surface area contributed by atoms with E-state index in [9.17, 15) is 9.90 Å². The second-order valence-corrected chi connectivity index (χ2v) is 8.76. The van der Waals surface area contributed by atoms with Gasteiger partial charge in [-0.15, -0.1) is 4.40 Å². The summed E-state index contributed by atoms with van der Waals surface area (Å²) in [5, 5.41) is 15.3. The van der Waals surface area contributed by atoms with Gasteiger partial charge in [-0.2, -0.15) is 0 Å². The van der Waals surface area contributed by atoms with Gasteiger partial charge in [0, 0.05) is 10.9 Å². The zero-order valence-electron chi connectivity index (χ0n) is 16.2. The van der Waals surface area contributed by atoms with Crippen LogP contribution in [0.1, 0.15) is 21.6 Å². The summed E-state index contributed by atoms with van der Waals surface area (Å²) >= 11 is 4.97. The van der Waals surface area contributed by atoms with Gasteiger partial charge in [0.1, 0.15) is 0 Å². The van der Waals surface area contributed by atoms with Crippen molar-refractivity contribution >= 4 is 59.6 Å². The van der Waals surface area contributed by atoms with Crippen LogP contribution < -0.4 is 9.51 Å². The molecular weight excluding hydrogens is 472 g/mol. The highest BCUT2D eigenvalue weighted by Crippen LogP contribution is 2.35. The summed E-state index contributed by atoms with van der Waals surface area (Å²) in [6.45, 7) is 0. The van der Waals surface area contributed by atoms with Gasteiger partial charge in [0.2, 0.25) is 0 Å². The van der Waals surface area contributed by atoms with Gasteiger partial charge in [-0.05, 0) is 44.8 Å². The number of pyridine rings is 1. The van der Waals surface area contributed by atoms with Crippen molar-refractivity contribution in [2.24, 2.45) is 4.99 Å². The van der Waals surface area contributed by atoms with Crippen molar-refractivity contribution in [3.8, 4) is 0 Å². The van der Waals surface area contributed by atoms with E-state index in [2.05, 4.69) is 20.9 Å². The standard InChI is InChI=1S/C25H15BrN2O2S/c26-20-15-28-21(22(29)16-9-3-1-4-10-16)24(27-23(30)17-11-5-2-6-12-17)31-25(28)19-14-8-7-13-18(19)20/h1-15H. The van der Waals surface area contributed by atoms with E-state index >= 15 is 0 Å². The minimum absolute atomic E-state index is 0.182. The first-order valence-electron chi connectivity index (χ1n) is 9.60. The molecule has 6 heteroatoms. The molecule has 0 radical (unpaired) electrons. The zero-order chi connectivity index (χ0) is 21.4. The predicted molar refractivity (Wildman–Crippen MR) is 125 cm³/mol. The van der Waals surface area contributed by atoms with E-state index in [-0.39, 0.29) is 11.7 Å². The SMILES string of the molecule is O=C(c1ccccc1)c1c(/N=C(/[O-])c2ccccc2)sc2c3ccccc3c(Br)c[n+]12. The number of nitrogens with zero attached hydrogens (tertiary/aromatic N) is 2. The summed E-state index contributed by atoms with van der Waals surface area (Å²) in [5.74, 6) is -0.558. The van der Waals surface area contributed by atoms with E-state index in [1.54, 1.807) is 36.4 Å². The lowest BCUT2D eigenvalue weighted by Crippen LogP contribution is -2.28. The van der Waals surface area contributed by atoms with Crippen molar-refractivity contribution in [3.05, 3.63) is 112 Å². The Bertz CT molecular complexity index is 1460. The summed E-state index contributed by atoms with van der Waals surface area (Å²) in [4.78, 5) is 18.7. The molecule has 150 valence electrons. The molecule has 0 unspecified atom stereocenters. The highest BCUT2D eigenvalue weighted by Gasteiger charge is 2.30. The van der Waals surface area contributed by atoms with Crippen LogP contribution in [0.25, 0.3) is 15.6 Å². The highest BCUT2D eigenvalue weighted by molar-refractivity contribution is 9.10. The third kappa shape index (κ3) is 3.54. The Balaban J connectivity index is 1.81. The molecule has 0 saturated carbocycles. The molecule has 0 aliphatic heterocycles. The van der Waals surface area contributed by atoms with Crippen molar-refractivity contribution in [3.63, 3.8) is 0 Å². The number of hydrogen-bond acceptors (Lipinski definition) is 4. The quantitative estimate of drug-likeness (QED) is 0.154. The molecule has 5 rings (SSSR count). The van der Waals surface area contributed by atoms with Crippen molar-refractivity contribution in [2.45, 2.75) is 0 Å². The smallest absolute Gasteiger partial charge is 0.296 e. The number of benzene rings is 3. The van der Waals surface area contributed by atoms with E-state index in [1.165, 1.54) is 11.3 Å². The monoisotopic (exact) mass is 486 g/mol. The summed E-state index contributed by atoms with van der Waals surface area (Å²) in [6.07, 6.45) is 1.87. The third-order valence-electron chi connectivity index (χ3n) is 4.99. The molecule has 0 N–H and O–H groups in total. The van der Waals surface area contributed by atoms with Crippen LogP contribution in [0.15, 0.2) is 101 Å². The average molecular weight is 487 g/mol. The number of fused-ring (bicyclic) bond motifs is 3. The number of thiazole rings is 1. The van der Waals surface area contributed by atoms with Crippen molar-refractivity contribution < 1.29 is 14.3 Å². The first-order chi connectivity index (χ1) is 15.1. The highest BCUT2D eigenvalue weighted by atomic mass is 79.9. The van der Waals surface area contributed by atoms with Crippen molar-refractivity contribution in [1.82, 2.24) is 0 Å². The van der Waals surface area contributed by atoms with Gasteiger partial charge in [-0.1, -0.05) is 78.9 Å². The lowest BCUT2D eigenvalue weighted by atomic mass is 10.1. The van der Waals surface area contributed by atoms with Crippen LogP contribution in [-0.4, -0.2) is 11.7 Å². The summed E-state index contributed by atoms with van der Waals surface area (Å²) in [5.41, 5.74) is 1.40. The van der Waals surface area contributed by atoms with Gasteiger partial charge in [0.05, 0.1) is 9.86 Å². The fourth-order valence-electron chi connectivity index (χ4n) is 3.51. The number of ketones is 1. The van der Waals surface area contributed by atoms with Crippen LogP contribution in [0, 0.1) is 0 Å². The number of carbonyl (C=O) groups excluding carboxylic acids is 1. The molecule has 0 saturated heterocycles. The topological polar surface area (TPSA) is 56.6 Å². The molecule has 3 aromatic carbocycles.